The summed E-state index contributed by atoms with van der Waals surface area (Å²) in [6.07, 6.45) is 2.47. The number of benzene rings is 1. The Morgan fingerprint density at radius 1 is 1.21 bits per heavy atom. The minimum absolute atomic E-state index is 0.194. The lowest BCUT2D eigenvalue weighted by molar-refractivity contribution is -0.119. The number of alkyl halides is 3. The van der Waals surface area contributed by atoms with Crippen molar-refractivity contribution in [3.8, 4) is 0 Å². The molecule has 1 aromatic carbocycles. The van der Waals surface area contributed by atoms with E-state index in [0.717, 1.165) is 34.3 Å². The quantitative estimate of drug-likeness (QED) is 0.807. The fourth-order valence-electron chi connectivity index (χ4n) is 3.78. The van der Waals surface area contributed by atoms with Gasteiger partial charge in [-0.2, -0.15) is 13.2 Å². The normalized spacial score (nSPS) is 22.6. The van der Waals surface area contributed by atoms with Crippen molar-refractivity contribution in [2.75, 3.05) is 0 Å². The zero-order valence-corrected chi connectivity index (χ0v) is 15.5. The molecule has 1 saturated heterocycles. The maximum absolute atomic E-state index is 13.4. The zero-order chi connectivity index (χ0) is 19.9. The lowest BCUT2D eigenvalue weighted by atomic mass is 9.91. The van der Waals surface area contributed by atoms with Crippen molar-refractivity contribution in [2.24, 2.45) is 5.92 Å². The van der Waals surface area contributed by atoms with E-state index in [9.17, 15) is 22.8 Å². The number of rotatable bonds is 4. The third-order valence-electron chi connectivity index (χ3n) is 5.06. The number of carbonyl (C=O) groups excluding carboxylic acids is 2. The highest BCUT2D eigenvalue weighted by Crippen LogP contribution is 2.37. The number of halogens is 3. The minimum atomic E-state index is -4.36. The largest absolute Gasteiger partial charge is 0.413 e. The molecule has 2 unspecified atom stereocenters. The van der Waals surface area contributed by atoms with Gasteiger partial charge < -0.3 is 4.57 Å². The summed E-state index contributed by atoms with van der Waals surface area (Å²) in [6.45, 7) is 0.194. The Morgan fingerprint density at radius 2 is 2.00 bits per heavy atom. The lowest BCUT2D eigenvalue weighted by Crippen LogP contribution is -2.25. The average Bonchev–Trinajstić information content (AvgIpc) is 3.15. The van der Waals surface area contributed by atoms with Crippen LogP contribution >= 0.6 is 11.8 Å². The average molecular weight is 406 g/mol. The van der Waals surface area contributed by atoms with E-state index in [1.54, 1.807) is 6.08 Å². The Bertz CT molecular complexity index is 1010. The van der Waals surface area contributed by atoms with Crippen LogP contribution in [0.2, 0.25) is 0 Å². The molecule has 0 spiro atoms. The summed E-state index contributed by atoms with van der Waals surface area (Å²) >= 11 is 0.950. The molecule has 1 aliphatic heterocycles. The molecule has 0 radical (unpaired) electrons. The van der Waals surface area contributed by atoms with Gasteiger partial charge in [0, 0.05) is 35.1 Å². The number of fused-ring (bicyclic) bond motifs is 1. The van der Waals surface area contributed by atoms with Crippen LogP contribution in [-0.4, -0.2) is 27.1 Å². The van der Waals surface area contributed by atoms with E-state index in [-0.39, 0.29) is 17.7 Å². The van der Waals surface area contributed by atoms with Gasteiger partial charge >= 0.3 is 6.18 Å². The Balaban J connectivity index is 1.65. The highest BCUT2D eigenvalue weighted by Gasteiger charge is 2.39. The topological polar surface area (TPSA) is 51.1 Å². The predicted octanol–water partition coefficient (Wildman–Crippen LogP) is 4.60. The monoisotopic (exact) mass is 406 g/mol. The molecule has 1 fully saturated rings. The fourth-order valence-corrected chi connectivity index (χ4v) is 4.62. The van der Waals surface area contributed by atoms with E-state index >= 15 is 0 Å². The van der Waals surface area contributed by atoms with Crippen LogP contribution in [0.5, 0.6) is 0 Å². The first-order valence-electron chi connectivity index (χ1n) is 8.85. The number of hydrogen-bond donors (Lipinski definition) is 1. The molecule has 1 aromatic heterocycles. The maximum atomic E-state index is 13.4. The van der Waals surface area contributed by atoms with Crippen molar-refractivity contribution >= 4 is 33.8 Å². The second-order valence-electron chi connectivity index (χ2n) is 6.89. The van der Waals surface area contributed by atoms with Crippen LogP contribution < -0.4 is 5.32 Å². The van der Waals surface area contributed by atoms with Crippen molar-refractivity contribution in [3.05, 3.63) is 59.8 Å². The summed E-state index contributed by atoms with van der Waals surface area (Å²) in [7, 11) is 0. The van der Waals surface area contributed by atoms with Gasteiger partial charge in [-0.05, 0) is 24.5 Å². The highest BCUT2D eigenvalue weighted by atomic mass is 32.2. The van der Waals surface area contributed by atoms with Gasteiger partial charge in [-0.15, -0.1) is 0 Å². The van der Waals surface area contributed by atoms with Crippen molar-refractivity contribution in [2.45, 2.75) is 30.8 Å². The number of imide groups is 1. The van der Waals surface area contributed by atoms with Crippen LogP contribution in [0.3, 0.4) is 0 Å². The molecule has 2 aromatic rings. The Kier molecular flexibility index (Phi) is 4.82. The first kappa shape index (κ1) is 18.9. The van der Waals surface area contributed by atoms with Gasteiger partial charge in [0.1, 0.15) is 0 Å². The molecule has 1 aliphatic carbocycles. The Morgan fingerprint density at radius 3 is 2.71 bits per heavy atom. The summed E-state index contributed by atoms with van der Waals surface area (Å²) in [4.78, 5) is 23.3. The van der Waals surface area contributed by atoms with E-state index in [2.05, 4.69) is 5.32 Å². The molecule has 0 bridgehead atoms. The van der Waals surface area contributed by atoms with E-state index in [1.165, 1.54) is 6.08 Å². The van der Waals surface area contributed by atoms with Crippen LogP contribution in [0.1, 0.15) is 12.0 Å². The standard InChI is InChI=1S/C20H17F3N2O2S/c21-20(22,23)15-7-3-1-5-12(15)10-25-11-13(14-6-2-4-8-16(14)25)9-17-18(26)24-19(27)28-17/h1-4,6-8,11-12,17H,5,9-10H2,(H,24,26,27). The lowest BCUT2D eigenvalue weighted by Gasteiger charge is -2.24. The summed E-state index contributed by atoms with van der Waals surface area (Å²) in [5.41, 5.74) is 1.15. The maximum Gasteiger partial charge on any atom is 0.413 e. The number of para-hydroxylation sites is 1. The second kappa shape index (κ2) is 7.16. The van der Waals surface area contributed by atoms with E-state index < -0.39 is 22.9 Å². The predicted molar refractivity (Wildman–Crippen MR) is 102 cm³/mol. The molecular weight excluding hydrogens is 389 g/mol. The van der Waals surface area contributed by atoms with Crippen molar-refractivity contribution in [1.82, 2.24) is 9.88 Å². The Labute approximate surface area is 163 Å². The van der Waals surface area contributed by atoms with Gasteiger partial charge in [-0.1, -0.05) is 48.2 Å². The van der Waals surface area contributed by atoms with Crippen LogP contribution in [-0.2, 0) is 17.8 Å². The van der Waals surface area contributed by atoms with Crippen LogP contribution in [0, 0.1) is 5.92 Å². The molecule has 2 aliphatic rings. The van der Waals surface area contributed by atoms with E-state index in [4.69, 9.17) is 0 Å². The van der Waals surface area contributed by atoms with Crippen molar-refractivity contribution in [1.29, 1.82) is 0 Å². The summed E-state index contributed by atoms with van der Waals surface area (Å²) in [5.74, 6) is -0.995. The second-order valence-corrected chi connectivity index (χ2v) is 8.07. The van der Waals surface area contributed by atoms with Gasteiger partial charge in [0.25, 0.3) is 5.24 Å². The van der Waals surface area contributed by atoms with Gasteiger partial charge in [-0.25, -0.2) is 0 Å². The number of hydrogen-bond acceptors (Lipinski definition) is 3. The first-order valence-corrected chi connectivity index (χ1v) is 9.73. The van der Waals surface area contributed by atoms with Gasteiger partial charge in [0.15, 0.2) is 0 Å². The van der Waals surface area contributed by atoms with Crippen molar-refractivity contribution < 1.29 is 22.8 Å². The zero-order valence-electron chi connectivity index (χ0n) is 14.7. The molecule has 2 heterocycles. The van der Waals surface area contributed by atoms with Gasteiger partial charge in [-0.3, -0.25) is 14.9 Å². The van der Waals surface area contributed by atoms with E-state index in [1.807, 2.05) is 35.0 Å². The number of thioether (sulfide) groups is 1. The SMILES string of the molecule is O=C1NC(=O)C(Cc2cn(CC3CC=CC=C3C(F)(F)F)c3ccccc23)S1. The van der Waals surface area contributed by atoms with Gasteiger partial charge in [0.05, 0.1) is 5.25 Å². The molecule has 4 nitrogen and oxygen atoms in total. The molecule has 2 amide bonds. The number of allylic oxidation sites excluding steroid dienone is 4. The summed E-state index contributed by atoms with van der Waals surface area (Å²) in [6, 6.07) is 7.45. The number of carbonyl (C=O) groups is 2. The third kappa shape index (κ3) is 3.61. The molecule has 2 atom stereocenters. The molecule has 1 N–H and O–H groups in total. The van der Waals surface area contributed by atoms with Crippen molar-refractivity contribution in [3.63, 3.8) is 0 Å². The molecular formula is C20H17F3N2O2S. The molecule has 28 heavy (non-hydrogen) atoms. The number of amides is 2. The summed E-state index contributed by atoms with van der Waals surface area (Å²) in [5, 5.41) is 2.27. The third-order valence-corrected chi connectivity index (χ3v) is 6.04. The number of nitrogens with zero attached hydrogens (tertiary/aromatic N) is 1. The fraction of sp³-hybridized carbons (Fsp3) is 0.300. The van der Waals surface area contributed by atoms with Crippen LogP contribution in [0.25, 0.3) is 10.9 Å². The highest BCUT2D eigenvalue weighted by molar-refractivity contribution is 8.15. The molecule has 0 saturated carbocycles. The van der Waals surface area contributed by atoms with E-state index in [0.29, 0.717) is 12.8 Å². The Hall–Kier alpha value is -2.48. The number of nitrogens with one attached hydrogen (secondary N) is 1. The molecule has 146 valence electrons. The van der Waals surface area contributed by atoms with Crippen LogP contribution in [0.4, 0.5) is 18.0 Å². The smallest absolute Gasteiger partial charge is 0.347 e. The first-order chi connectivity index (χ1) is 13.3. The molecule has 8 heteroatoms. The van der Waals surface area contributed by atoms with Crippen LogP contribution in [0.15, 0.2) is 54.3 Å². The number of aromatic nitrogens is 1. The molecule has 4 rings (SSSR count). The van der Waals surface area contributed by atoms with Gasteiger partial charge in [0.2, 0.25) is 5.91 Å². The summed E-state index contributed by atoms with van der Waals surface area (Å²) < 4.78 is 41.9. The minimum Gasteiger partial charge on any atom is -0.347 e.